The van der Waals surface area contributed by atoms with Crippen LogP contribution in [0.1, 0.15) is 15.4 Å². The summed E-state index contributed by atoms with van der Waals surface area (Å²) in [6.07, 6.45) is 1.63. The first-order chi connectivity index (χ1) is 11.9. The van der Waals surface area contributed by atoms with Crippen molar-refractivity contribution < 1.29 is 9.18 Å². The minimum absolute atomic E-state index is 0.0554. The van der Waals surface area contributed by atoms with Gasteiger partial charge < -0.3 is 9.80 Å². The van der Waals surface area contributed by atoms with Crippen LogP contribution in [0.2, 0.25) is 10.0 Å². The molecule has 0 aliphatic carbocycles. The first kappa shape index (κ1) is 17.8. The lowest BCUT2D eigenvalue weighted by molar-refractivity contribution is 0.0727. The molecule has 130 valence electrons. The first-order valence-electron chi connectivity index (χ1n) is 7.26. The van der Waals surface area contributed by atoms with Crippen molar-refractivity contribution in [2.24, 2.45) is 0 Å². The van der Waals surface area contributed by atoms with E-state index in [1.54, 1.807) is 16.5 Å². The van der Waals surface area contributed by atoms with Gasteiger partial charge in [-0.15, -0.1) is 11.3 Å². The van der Waals surface area contributed by atoms with Crippen LogP contribution in [0.4, 0.5) is 4.39 Å². The molecule has 5 nitrogen and oxygen atoms in total. The Morgan fingerprint density at radius 2 is 2.12 bits per heavy atom. The van der Waals surface area contributed by atoms with Gasteiger partial charge >= 0.3 is 0 Å². The molecule has 0 spiro atoms. The van der Waals surface area contributed by atoms with Crippen LogP contribution in [0.15, 0.2) is 36.0 Å². The van der Waals surface area contributed by atoms with Gasteiger partial charge in [0.2, 0.25) is 0 Å². The molecule has 3 rings (SSSR count). The van der Waals surface area contributed by atoms with Crippen molar-refractivity contribution in [3.05, 3.63) is 62.4 Å². The summed E-state index contributed by atoms with van der Waals surface area (Å²) in [5, 5.41) is 10.2. The van der Waals surface area contributed by atoms with Gasteiger partial charge in [-0.05, 0) is 12.1 Å². The Balaban J connectivity index is 1.75. The molecule has 0 saturated carbocycles. The monoisotopic (exact) mass is 398 g/mol. The summed E-state index contributed by atoms with van der Waals surface area (Å²) < 4.78 is 13.8. The van der Waals surface area contributed by atoms with Crippen molar-refractivity contribution in [3.63, 3.8) is 0 Å². The average Bonchev–Trinajstić information content (AvgIpc) is 3.13. The van der Waals surface area contributed by atoms with Crippen LogP contribution >= 0.6 is 34.5 Å². The Labute approximate surface area is 157 Å². The summed E-state index contributed by atoms with van der Waals surface area (Å²) in [6, 6.07) is 2.71. The van der Waals surface area contributed by atoms with Gasteiger partial charge in [0.05, 0.1) is 22.2 Å². The van der Waals surface area contributed by atoms with Crippen molar-refractivity contribution in [1.29, 1.82) is 5.41 Å². The standard InChI is InChI=1S/C16H13Cl2FN4OS/c1-9-8-22(5-6-23(9)14(20)15-21-4-7-25-15)16(24)10-2-3-11(17)13(19)12(10)18/h2-4,7,20H,1,5-6,8H2. The van der Waals surface area contributed by atoms with Gasteiger partial charge in [-0.25, -0.2) is 9.37 Å². The highest BCUT2D eigenvalue weighted by atomic mass is 35.5. The number of amides is 1. The van der Waals surface area contributed by atoms with Crippen LogP contribution < -0.4 is 0 Å². The maximum atomic E-state index is 13.8. The van der Waals surface area contributed by atoms with Crippen molar-refractivity contribution in [1.82, 2.24) is 14.8 Å². The van der Waals surface area contributed by atoms with Crippen LogP contribution in [-0.2, 0) is 0 Å². The number of halogens is 3. The van der Waals surface area contributed by atoms with Gasteiger partial charge in [0, 0.05) is 30.4 Å². The van der Waals surface area contributed by atoms with Gasteiger partial charge in [-0.3, -0.25) is 10.2 Å². The molecule has 1 aliphatic heterocycles. The van der Waals surface area contributed by atoms with Gasteiger partial charge in [0.25, 0.3) is 5.91 Å². The zero-order valence-corrected chi connectivity index (χ0v) is 15.3. The van der Waals surface area contributed by atoms with Crippen molar-refractivity contribution in [2.75, 3.05) is 19.6 Å². The van der Waals surface area contributed by atoms with Crippen molar-refractivity contribution in [3.8, 4) is 0 Å². The van der Waals surface area contributed by atoms with E-state index in [0.29, 0.717) is 23.8 Å². The number of benzene rings is 1. The average molecular weight is 399 g/mol. The molecule has 0 bridgehead atoms. The van der Waals surface area contributed by atoms with Gasteiger partial charge in [0.15, 0.2) is 16.7 Å². The lowest BCUT2D eigenvalue weighted by atomic mass is 10.1. The topological polar surface area (TPSA) is 60.3 Å². The molecule has 2 heterocycles. The number of piperazine rings is 1. The fourth-order valence-corrected chi connectivity index (χ4v) is 3.57. The Morgan fingerprint density at radius 3 is 2.76 bits per heavy atom. The van der Waals surface area contributed by atoms with Crippen molar-refractivity contribution >= 4 is 46.3 Å². The fraction of sp³-hybridized carbons (Fsp3) is 0.188. The number of thiazole rings is 1. The third-order valence-electron chi connectivity index (χ3n) is 3.81. The molecule has 1 amide bonds. The number of aromatic nitrogens is 1. The van der Waals surface area contributed by atoms with E-state index >= 15 is 0 Å². The summed E-state index contributed by atoms with van der Waals surface area (Å²) in [5.41, 5.74) is 0.644. The van der Waals surface area contributed by atoms with E-state index in [0.717, 1.165) is 0 Å². The quantitative estimate of drug-likeness (QED) is 0.474. The Bertz CT molecular complexity index is 856. The van der Waals surface area contributed by atoms with Crippen LogP contribution in [0.5, 0.6) is 0 Å². The van der Waals surface area contributed by atoms with E-state index < -0.39 is 11.7 Å². The highest BCUT2D eigenvalue weighted by Gasteiger charge is 2.29. The summed E-state index contributed by atoms with van der Waals surface area (Å²) >= 11 is 12.9. The number of carbonyl (C=O) groups excluding carboxylic acids is 1. The first-order valence-corrected chi connectivity index (χ1v) is 8.90. The largest absolute Gasteiger partial charge is 0.331 e. The smallest absolute Gasteiger partial charge is 0.255 e. The maximum Gasteiger partial charge on any atom is 0.255 e. The van der Waals surface area contributed by atoms with Gasteiger partial charge in [-0.1, -0.05) is 29.8 Å². The van der Waals surface area contributed by atoms with Crippen LogP contribution in [-0.4, -0.2) is 46.2 Å². The van der Waals surface area contributed by atoms with E-state index in [-0.39, 0.29) is 28.0 Å². The predicted octanol–water partition coefficient (Wildman–Crippen LogP) is 3.89. The second-order valence-corrected chi connectivity index (χ2v) is 7.03. The third kappa shape index (κ3) is 3.40. The Morgan fingerprint density at radius 1 is 1.36 bits per heavy atom. The molecule has 0 unspecified atom stereocenters. The third-order valence-corrected chi connectivity index (χ3v) is 5.25. The minimum atomic E-state index is -0.808. The maximum absolute atomic E-state index is 13.8. The van der Waals surface area contributed by atoms with Gasteiger partial charge in [0.1, 0.15) is 0 Å². The second kappa shape index (κ2) is 7.11. The molecular weight excluding hydrogens is 386 g/mol. The van der Waals surface area contributed by atoms with Crippen LogP contribution in [0.3, 0.4) is 0 Å². The second-order valence-electron chi connectivity index (χ2n) is 5.35. The molecular formula is C16H13Cl2FN4OS. The highest BCUT2D eigenvalue weighted by Crippen LogP contribution is 2.28. The minimum Gasteiger partial charge on any atom is -0.331 e. The highest BCUT2D eigenvalue weighted by molar-refractivity contribution is 7.11. The van der Waals surface area contributed by atoms with E-state index in [2.05, 4.69) is 11.6 Å². The molecule has 9 heteroatoms. The zero-order chi connectivity index (χ0) is 18.1. The zero-order valence-electron chi connectivity index (χ0n) is 12.9. The Hall–Kier alpha value is -1.96. The molecule has 1 saturated heterocycles. The SMILES string of the molecule is C=C1CN(C(=O)c2ccc(Cl)c(F)c2Cl)CCN1C(=N)c1nccs1. The van der Waals surface area contributed by atoms with E-state index in [1.165, 1.54) is 28.4 Å². The van der Waals surface area contributed by atoms with Crippen LogP contribution in [0.25, 0.3) is 0 Å². The molecule has 1 aliphatic rings. The molecule has 0 radical (unpaired) electrons. The molecule has 25 heavy (non-hydrogen) atoms. The normalized spacial score (nSPS) is 14.8. The number of nitrogens with one attached hydrogen (secondary N) is 1. The lowest BCUT2D eigenvalue weighted by Gasteiger charge is -2.37. The predicted molar refractivity (Wildman–Crippen MR) is 97.1 cm³/mol. The van der Waals surface area contributed by atoms with E-state index in [1.807, 2.05) is 0 Å². The van der Waals surface area contributed by atoms with E-state index in [9.17, 15) is 9.18 Å². The number of rotatable bonds is 2. The fourth-order valence-electron chi connectivity index (χ4n) is 2.52. The lowest BCUT2D eigenvalue weighted by Crippen LogP contribution is -2.49. The van der Waals surface area contributed by atoms with Crippen molar-refractivity contribution in [2.45, 2.75) is 0 Å². The molecule has 1 N–H and O–H groups in total. The molecule has 0 atom stereocenters. The molecule has 1 aromatic carbocycles. The summed E-state index contributed by atoms with van der Waals surface area (Å²) in [6.45, 7) is 4.92. The molecule has 1 aromatic heterocycles. The Kier molecular flexibility index (Phi) is 5.08. The molecule has 2 aromatic rings. The number of amidine groups is 1. The number of hydrogen-bond acceptors (Lipinski definition) is 4. The summed E-state index contributed by atoms with van der Waals surface area (Å²) in [5.74, 6) is -0.956. The van der Waals surface area contributed by atoms with Gasteiger partial charge in [-0.2, -0.15) is 0 Å². The number of carbonyl (C=O) groups is 1. The number of hydrogen-bond donors (Lipinski definition) is 1. The summed E-state index contributed by atoms with van der Waals surface area (Å²) in [4.78, 5) is 20.0. The van der Waals surface area contributed by atoms with E-state index in [4.69, 9.17) is 28.6 Å². The number of nitrogens with zero attached hydrogens (tertiary/aromatic N) is 3. The molecule has 1 fully saturated rings. The van der Waals surface area contributed by atoms with Crippen LogP contribution in [0, 0.1) is 11.2 Å². The summed E-state index contributed by atoms with van der Waals surface area (Å²) in [7, 11) is 0.